The van der Waals surface area contributed by atoms with Crippen molar-refractivity contribution in [3.05, 3.63) is 17.8 Å². The maximum Gasteiger partial charge on any atom is 0.233 e. The van der Waals surface area contributed by atoms with Crippen molar-refractivity contribution in [3.63, 3.8) is 0 Å². The Morgan fingerprint density at radius 3 is 3.00 bits per heavy atom. The molecule has 3 nitrogen and oxygen atoms in total. The van der Waals surface area contributed by atoms with Crippen LogP contribution in [0.25, 0.3) is 0 Å². The fraction of sp³-hybridized carbons (Fsp3) is 0.429. The minimum atomic E-state index is 0.600. The van der Waals surface area contributed by atoms with Crippen LogP contribution in [0, 0.1) is 6.92 Å². The largest absolute Gasteiger partial charge is 0.477 e. The maximum atomic E-state index is 5.11. The van der Waals surface area contributed by atoms with Gasteiger partial charge in [-0.3, -0.25) is 0 Å². The molecule has 1 heterocycles. The van der Waals surface area contributed by atoms with Crippen molar-refractivity contribution in [1.29, 1.82) is 0 Å². The van der Waals surface area contributed by atoms with E-state index in [0.29, 0.717) is 12.5 Å². The molecule has 0 spiro atoms. The fourth-order valence-corrected chi connectivity index (χ4v) is 0.656. The van der Waals surface area contributed by atoms with Crippen molar-refractivity contribution in [2.24, 2.45) is 0 Å². The summed E-state index contributed by atoms with van der Waals surface area (Å²) in [6.45, 7) is 4.51. The van der Waals surface area contributed by atoms with Crippen molar-refractivity contribution in [2.75, 3.05) is 6.61 Å². The summed E-state index contributed by atoms with van der Waals surface area (Å²) in [7, 11) is 0. The predicted octanol–water partition coefficient (Wildman–Crippen LogP) is 1.18. The summed E-state index contributed by atoms with van der Waals surface area (Å²) in [6.07, 6.45) is 1.70. The Hall–Kier alpha value is -1.12. The number of nitrogens with zero attached hydrogens (tertiary/aromatic N) is 2. The summed E-state index contributed by atoms with van der Waals surface area (Å²) < 4.78 is 5.11. The maximum absolute atomic E-state index is 5.11. The van der Waals surface area contributed by atoms with Crippen LogP contribution in [0.1, 0.15) is 12.5 Å². The van der Waals surface area contributed by atoms with Crippen LogP contribution in [-0.4, -0.2) is 16.8 Å². The molecule has 0 bridgehead atoms. The van der Waals surface area contributed by atoms with Crippen molar-refractivity contribution >= 4 is 0 Å². The first-order chi connectivity index (χ1) is 4.83. The van der Waals surface area contributed by atoms with Gasteiger partial charge in [-0.1, -0.05) is 0 Å². The Balaban J connectivity index is 2.75. The van der Waals surface area contributed by atoms with Crippen LogP contribution in [0.5, 0.6) is 5.88 Å². The van der Waals surface area contributed by atoms with E-state index >= 15 is 0 Å². The third-order valence-electron chi connectivity index (χ3n) is 1.06. The van der Waals surface area contributed by atoms with E-state index in [1.807, 2.05) is 19.9 Å². The van der Waals surface area contributed by atoms with Gasteiger partial charge in [-0.2, -0.15) is 5.10 Å². The number of ether oxygens (including phenoxy) is 1. The summed E-state index contributed by atoms with van der Waals surface area (Å²) in [5.74, 6) is 0.600. The first-order valence-corrected chi connectivity index (χ1v) is 3.25. The van der Waals surface area contributed by atoms with Crippen LogP contribution in [0.3, 0.4) is 0 Å². The smallest absolute Gasteiger partial charge is 0.233 e. The average Bonchev–Trinajstić information content (AvgIpc) is 1.88. The first-order valence-electron chi connectivity index (χ1n) is 3.25. The van der Waals surface area contributed by atoms with Crippen LogP contribution in [-0.2, 0) is 0 Å². The number of aryl methyl sites for hydroxylation is 1. The van der Waals surface area contributed by atoms with Crippen molar-refractivity contribution in [2.45, 2.75) is 13.8 Å². The van der Waals surface area contributed by atoms with E-state index in [-0.39, 0.29) is 0 Å². The molecule has 3 heteroatoms. The topological polar surface area (TPSA) is 35.0 Å². The molecular formula is C7H10N2O. The molecule has 0 aliphatic carbocycles. The summed E-state index contributed by atoms with van der Waals surface area (Å²) in [5, 5.41) is 7.48. The molecule has 0 aliphatic heterocycles. The molecule has 0 atom stereocenters. The van der Waals surface area contributed by atoms with E-state index in [2.05, 4.69) is 10.2 Å². The van der Waals surface area contributed by atoms with Crippen LogP contribution in [0.15, 0.2) is 12.3 Å². The third-order valence-corrected chi connectivity index (χ3v) is 1.06. The van der Waals surface area contributed by atoms with Gasteiger partial charge >= 0.3 is 0 Å². The molecule has 0 unspecified atom stereocenters. The van der Waals surface area contributed by atoms with Gasteiger partial charge in [0.1, 0.15) is 0 Å². The van der Waals surface area contributed by atoms with Gasteiger partial charge in [-0.25, -0.2) is 0 Å². The summed E-state index contributed by atoms with van der Waals surface area (Å²) in [4.78, 5) is 0. The Kier molecular flexibility index (Phi) is 2.20. The van der Waals surface area contributed by atoms with Gasteiger partial charge in [0.25, 0.3) is 0 Å². The lowest BCUT2D eigenvalue weighted by molar-refractivity contribution is 0.322. The molecule has 10 heavy (non-hydrogen) atoms. The van der Waals surface area contributed by atoms with Gasteiger partial charge in [0.05, 0.1) is 12.8 Å². The zero-order chi connectivity index (χ0) is 7.40. The molecule has 0 fully saturated rings. The monoisotopic (exact) mass is 138 g/mol. The van der Waals surface area contributed by atoms with Crippen LogP contribution in [0.4, 0.5) is 0 Å². The summed E-state index contributed by atoms with van der Waals surface area (Å²) in [6, 6.07) is 1.86. The molecular weight excluding hydrogens is 128 g/mol. The van der Waals surface area contributed by atoms with Crippen molar-refractivity contribution < 1.29 is 4.74 Å². The van der Waals surface area contributed by atoms with Crippen molar-refractivity contribution in [3.8, 4) is 5.88 Å². The van der Waals surface area contributed by atoms with Gasteiger partial charge in [-0.15, -0.1) is 5.10 Å². The minimum absolute atomic E-state index is 0.600. The van der Waals surface area contributed by atoms with E-state index in [0.717, 1.165) is 5.56 Å². The Morgan fingerprint density at radius 1 is 1.60 bits per heavy atom. The predicted molar refractivity (Wildman–Crippen MR) is 37.9 cm³/mol. The standard InChI is InChI=1S/C7H10N2O/c1-3-10-7-4-6(2)5-8-9-7/h4-5H,3H2,1-2H3. The van der Waals surface area contributed by atoms with E-state index in [1.54, 1.807) is 6.20 Å². The molecule has 0 N–H and O–H groups in total. The molecule has 1 aromatic rings. The number of aromatic nitrogens is 2. The second kappa shape index (κ2) is 3.15. The van der Waals surface area contributed by atoms with Gasteiger partial charge in [0.2, 0.25) is 5.88 Å². The first kappa shape index (κ1) is 6.99. The second-order valence-electron chi connectivity index (χ2n) is 2.00. The lowest BCUT2D eigenvalue weighted by Crippen LogP contribution is -1.95. The van der Waals surface area contributed by atoms with Crippen LogP contribution < -0.4 is 4.74 Å². The van der Waals surface area contributed by atoms with Gasteiger partial charge in [0.15, 0.2) is 0 Å². The average molecular weight is 138 g/mol. The Morgan fingerprint density at radius 2 is 2.40 bits per heavy atom. The van der Waals surface area contributed by atoms with E-state index in [1.165, 1.54) is 0 Å². The molecule has 54 valence electrons. The Labute approximate surface area is 60.0 Å². The molecule has 0 aliphatic rings. The van der Waals surface area contributed by atoms with Crippen LogP contribution in [0.2, 0.25) is 0 Å². The number of hydrogen-bond acceptors (Lipinski definition) is 3. The number of hydrogen-bond donors (Lipinski definition) is 0. The van der Waals surface area contributed by atoms with Gasteiger partial charge in [-0.05, 0) is 19.4 Å². The van der Waals surface area contributed by atoms with Crippen molar-refractivity contribution in [1.82, 2.24) is 10.2 Å². The van der Waals surface area contributed by atoms with Gasteiger partial charge in [0, 0.05) is 6.07 Å². The Bertz CT molecular complexity index is 213. The highest BCUT2D eigenvalue weighted by atomic mass is 16.5. The molecule has 0 radical (unpaired) electrons. The SMILES string of the molecule is CCOc1cc(C)cnn1. The zero-order valence-corrected chi connectivity index (χ0v) is 6.16. The minimum Gasteiger partial charge on any atom is -0.477 e. The van der Waals surface area contributed by atoms with E-state index < -0.39 is 0 Å². The lowest BCUT2D eigenvalue weighted by Gasteiger charge is -1.99. The molecule has 0 amide bonds. The molecule has 1 aromatic heterocycles. The van der Waals surface area contributed by atoms with E-state index in [9.17, 15) is 0 Å². The zero-order valence-electron chi connectivity index (χ0n) is 6.16. The molecule has 0 saturated carbocycles. The second-order valence-corrected chi connectivity index (χ2v) is 2.00. The summed E-state index contributed by atoms with van der Waals surface area (Å²) >= 11 is 0. The van der Waals surface area contributed by atoms with Gasteiger partial charge < -0.3 is 4.74 Å². The highest BCUT2D eigenvalue weighted by molar-refractivity contribution is 5.14. The summed E-state index contributed by atoms with van der Waals surface area (Å²) in [5.41, 5.74) is 1.07. The fourth-order valence-electron chi connectivity index (χ4n) is 0.656. The molecule has 0 aromatic carbocycles. The quantitative estimate of drug-likeness (QED) is 0.615. The highest BCUT2D eigenvalue weighted by Gasteiger charge is 1.92. The third kappa shape index (κ3) is 1.69. The number of rotatable bonds is 2. The molecule has 0 saturated heterocycles. The normalized spacial score (nSPS) is 9.40. The lowest BCUT2D eigenvalue weighted by atomic mass is 10.3. The van der Waals surface area contributed by atoms with Crippen LogP contribution >= 0.6 is 0 Å². The molecule has 1 rings (SSSR count). The highest BCUT2D eigenvalue weighted by Crippen LogP contribution is 2.04. The van der Waals surface area contributed by atoms with E-state index in [4.69, 9.17) is 4.74 Å².